The lowest BCUT2D eigenvalue weighted by atomic mass is 10.2. The monoisotopic (exact) mass is 302 g/mol. The maximum Gasteiger partial charge on any atom is 0.401 e. The highest BCUT2D eigenvalue weighted by Gasteiger charge is 2.32. The third kappa shape index (κ3) is 4.86. The molecule has 2 rings (SSSR count). The van der Waals surface area contributed by atoms with Crippen molar-refractivity contribution < 1.29 is 13.2 Å². The van der Waals surface area contributed by atoms with E-state index in [1.807, 2.05) is 19.1 Å². The highest BCUT2D eigenvalue weighted by Crippen LogP contribution is 2.21. The number of nitrogens with zero attached hydrogens (tertiary/aromatic N) is 3. The molecule has 1 aromatic heterocycles. The Bertz CT molecular complexity index is 442. The van der Waals surface area contributed by atoms with Gasteiger partial charge in [0.05, 0.1) is 6.54 Å². The number of alkyl halides is 3. The zero-order chi connectivity index (χ0) is 15.3. The van der Waals surface area contributed by atoms with E-state index in [0.29, 0.717) is 26.2 Å². The highest BCUT2D eigenvalue weighted by molar-refractivity contribution is 5.47. The molecule has 0 unspecified atom stereocenters. The second kappa shape index (κ2) is 7.09. The van der Waals surface area contributed by atoms with Gasteiger partial charge in [-0.2, -0.15) is 13.2 Å². The van der Waals surface area contributed by atoms with Gasteiger partial charge in [0.2, 0.25) is 0 Å². The van der Waals surface area contributed by atoms with Crippen molar-refractivity contribution in [3.63, 3.8) is 0 Å². The van der Waals surface area contributed by atoms with Gasteiger partial charge in [0, 0.05) is 44.5 Å². The van der Waals surface area contributed by atoms with Crippen molar-refractivity contribution in [3.8, 4) is 0 Å². The average Bonchev–Trinajstić information content (AvgIpc) is 2.45. The molecule has 1 fully saturated rings. The molecular formula is C14H21F3N4. The van der Waals surface area contributed by atoms with E-state index in [2.05, 4.69) is 15.2 Å². The van der Waals surface area contributed by atoms with Crippen LogP contribution >= 0.6 is 0 Å². The number of piperazine rings is 1. The summed E-state index contributed by atoms with van der Waals surface area (Å²) in [5.74, 6) is 0.880. The first kappa shape index (κ1) is 16.0. The normalized spacial score (nSPS) is 17.2. The second-order valence-corrected chi connectivity index (χ2v) is 5.14. The van der Waals surface area contributed by atoms with Crippen molar-refractivity contribution in [1.29, 1.82) is 0 Å². The topological polar surface area (TPSA) is 31.4 Å². The summed E-state index contributed by atoms with van der Waals surface area (Å²) in [4.78, 5) is 7.92. The summed E-state index contributed by atoms with van der Waals surface area (Å²) in [6.07, 6.45) is -2.39. The molecule has 0 aliphatic carbocycles. The van der Waals surface area contributed by atoms with Crippen LogP contribution in [0.5, 0.6) is 0 Å². The molecule has 0 aromatic carbocycles. The van der Waals surface area contributed by atoms with Gasteiger partial charge in [-0.05, 0) is 12.6 Å². The molecule has 4 nitrogen and oxygen atoms in total. The van der Waals surface area contributed by atoms with Crippen molar-refractivity contribution in [2.45, 2.75) is 19.6 Å². The van der Waals surface area contributed by atoms with Crippen LogP contribution in [0.3, 0.4) is 0 Å². The minimum absolute atomic E-state index is 0.413. The van der Waals surface area contributed by atoms with Crippen molar-refractivity contribution >= 4 is 5.82 Å². The minimum Gasteiger partial charge on any atom is -0.354 e. The first-order valence-electron chi connectivity index (χ1n) is 7.18. The first-order chi connectivity index (χ1) is 9.99. The maximum atomic E-state index is 12.4. The third-order valence-electron chi connectivity index (χ3n) is 3.51. The van der Waals surface area contributed by atoms with Crippen LogP contribution in [0.1, 0.15) is 12.5 Å². The van der Waals surface area contributed by atoms with Gasteiger partial charge in [-0.15, -0.1) is 0 Å². The first-order valence-corrected chi connectivity index (χ1v) is 7.18. The van der Waals surface area contributed by atoms with Crippen molar-refractivity contribution in [2.24, 2.45) is 0 Å². The Kier molecular flexibility index (Phi) is 5.41. The third-order valence-corrected chi connectivity index (χ3v) is 3.51. The molecule has 1 N–H and O–H groups in total. The molecule has 1 aromatic rings. The fourth-order valence-electron chi connectivity index (χ4n) is 2.48. The number of nitrogens with one attached hydrogen (secondary N) is 1. The number of pyridine rings is 1. The van der Waals surface area contributed by atoms with E-state index in [-0.39, 0.29) is 0 Å². The molecule has 1 aliphatic heterocycles. The summed E-state index contributed by atoms with van der Waals surface area (Å²) in [7, 11) is 0. The molecule has 0 saturated carbocycles. The number of aromatic nitrogens is 1. The van der Waals surface area contributed by atoms with E-state index in [9.17, 15) is 13.2 Å². The van der Waals surface area contributed by atoms with Gasteiger partial charge in [0.1, 0.15) is 5.82 Å². The standard InChI is InChI=1S/C14H21F3N4/c1-2-18-10-12-4-3-5-19-13(12)21-8-6-20(7-9-21)11-14(15,16)17/h3-5,18H,2,6-11H2,1H3. The fourth-order valence-corrected chi connectivity index (χ4v) is 2.48. The van der Waals surface area contributed by atoms with Gasteiger partial charge >= 0.3 is 6.18 Å². The van der Waals surface area contributed by atoms with E-state index >= 15 is 0 Å². The molecule has 2 heterocycles. The predicted molar refractivity (Wildman–Crippen MR) is 76.3 cm³/mol. The van der Waals surface area contributed by atoms with E-state index < -0.39 is 12.7 Å². The number of halogens is 3. The Balaban J connectivity index is 1.96. The van der Waals surface area contributed by atoms with E-state index in [0.717, 1.165) is 24.5 Å². The highest BCUT2D eigenvalue weighted by atomic mass is 19.4. The Morgan fingerprint density at radius 1 is 1.24 bits per heavy atom. The largest absolute Gasteiger partial charge is 0.401 e. The minimum atomic E-state index is -4.12. The summed E-state index contributed by atoms with van der Waals surface area (Å²) in [5.41, 5.74) is 1.09. The van der Waals surface area contributed by atoms with Crippen LogP contribution in [-0.2, 0) is 6.54 Å². The molecular weight excluding hydrogens is 281 g/mol. The number of hydrogen-bond acceptors (Lipinski definition) is 4. The van der Waals surface area contributed by atoms with Gasteiger partial charge in [0.15, 0.2) is 0 Å². The van der Waals surface area contributed by atoms with E-state index in [1.165, 1.54) is 4.90 Å². The molecule has 21 heavy (non-hydrogen) atoms. The number of anilines is 1. The van der Waals surface area contributed by atoms with Crippen LogP contribution < -0.4 is 10.2 Å². The van der Waals surface area contributed by atoms with Crippen molar-refractivity contribution in [1.82, 2.24) is 15.2 Å². The van der Waals surface area contributed by atoms with Gasteiger partial charge in [-0.1, -0.05) is 13.0 Å². The van der Waals surface area contributed by atoms with Crippen LogP contribution in [0, 0.1) is 0 Å². The van der Waals surface area contributed by atoms with Crippen molar-refractivity contribution in [3.05, 3.63) is 23.9 Å². The van der Waals surface area contributed by atoms with Crippen LogP contribution in [0.4, 0.5) is 19.0 Å². The Morgan fingerprint density at radius 3 is 2.57 bits per heavy atom. The summed E-state index contributed by atoms with van der Waals surface area (Å²) in [6.45, 7) is 4.78. The quantitative estimate of drug-likeness (QED) is 0.900. The summed E-state index contributed by atoms with van der Waals surface area (Å²) >= 11 is 0. The Labute approximate surface area is 122 Å². The summed E-state index contributed by atoms with van der Waals surface area (Å²) < 4.78 is 37.2. The molecule has 1 saturated heterocycles. The van der Waals surface area contributed by atoms with Crippen LogP contribution in [-0.4, -0.2) is 55.3 Å². The van der Waals surface area contributed by atoms with E-state index in [4.69, 9.17) is 0 Å². The molecule has 1 aliphatic rings. The lowest BCUT2D eigenvalue weighted by Gasteiger charge is -2.36. The zero-order valence-corrected chi connectivity index (χ0v) is 12.2. The zero-order valence-electron chi connectivity index (χ0n) is 12.2. The van der Waals surface area contributed by atoms with Gasteiger partial charge in [-0.3, -0.25) is 4.90 Å². The molecule has 0 amide bonds. The Morgan fingerprint density at radius 2 is 1.95 bits per heavy atom. The molecule has 0 atom stereocenters. The summed E-state index contributed by atoms with van der Waals surface area (Å²) in [5, 5.41) is 3.26. The van der Waals surface area contributed by atoms with Crippen LogP contribution in [0.15, 0.2) is 18.3 Å². The van der Waals surface area contributed by atoms with Gasteiger partial charge in [0.25, 0.3) is 0 Å². The number of rotatable bonds is 5. The Hall–Kier alpha value is -1.34. The summed E-state index contributed by atoms with van der Waals surface area (Å²) in [6, 6.07) is 3.89. The van der Waals surface area contributed by atoms with Crippen LogP contribution in [0.2, 0.25) is 0 Å². The van der Waals surface area contributed by atoms with Gasteiger partial charge < -0.3 is 10.2 Å². The van der Waals surface area contributed by atoms with E-state index in [1.54, 1.807) is 6.20 Å². The van der Waals surface area contributed by atoms with Crippen molar-refractivity contribution in [2.75, 3.05) is 44.2 Å². The molecule has 7 heteroatoms. The lowest BCUT2D eigenvalue weighted by Crippen LogP contribution is -2.49. The van der Waals surface area contributed by atoms with Gasteiger partial charge in [-0.25, -0.2) is 4.98 Å². The maximum absolute atomic E-state index is 12.4. The average molecular weight is 302 g/mol. The molecule has 0 bridgehead atoms. The fraction of sp³-hybridized carbons (Fsp3) is 0.643. The van der Waals surface area contributed by atoms with Crippen LogP contribution in [0.25, 0.3) is 0 Å². The number of hydrogen-bond donors (Lipinski definition) is 1. The predicted octanol–water partition coefficient (Wildman–Crippen LogP) is 1.88. The second-order valence-electron chi connectivity index (χ2n) is 5.14. The SMILES string of the molecule is CCNCc1cccnc1N1CCN(CC(F)(F)F)CC1. The lowest BCUT2D eigenvalue weighted by molar-refractivity contribution is -0.146. The molecule has 0 radical (unpaired) electrons. The smallest absolute Gasteiger partial charge is 0.354 e. The molecule has 0 spiro atoms. The molecule has 118 valence electrons.